The molecule has 18 heavy (non-hydrogen) atoms. The Morgan fingerprint density at radius 1 is 1.39 bits per heavy atom. The van der Waals surface area contributed by atoms with Crippen LogP contribution in [0.5, 0.6) is 0 Å². The molecule has 0 amide bonds. The molecule has 96 valence electrons. The third kappa shape index (κ3) is 2.91. The van der Waals surface area contributed by atoms with Crippen molar-refractivity contribution >= 4 is 11.8 Å². The Labute approximate surface area is 112 Å². The Balaban J connectivity index is 2.27. The van der Waals surface area contributed by atoms with E-state index >= 15 is 0 Å². The first kappa shape index (κ1) is 13.1. The van der Waals surface area contributed by atoms with Crippen LogP contribution in [0.15, 0.2) is 35.7 Å². The van der Waals surface area contributed by atoms with Crippen LogP contribution < -0.4 is 5.73 Å². The minimum absolute atomic E-state index is 0.0495. The van der Waals surface area contributed by atoms with Crippen LogP contribution in [0, 0.1) is 6.92 Å². The van der Waals surface area contributed by atoms with E-state index in [0.717, 1.165) is 5.16 Å². The second-order valence-electron chi connectivity index (χ2n) is 4.54. The second-order valence-corrected chi connectivity index (χ2v) is 5.64. The van der Waals surface area contributed by atoms with Crippen molar-refractivity contribution in [2.24, 2.45) is 12.8 Å². The molecule has 0 radical (unpaired) electrons. The van der Waals surface area contributed by atoms with E-state index in [1.54, 1.807) is 18.1 Å². The van der Waals surface area contributed by atoms with Crippen LogP contribution in [-0.2, 0) is 7.05 Å². The maximum absolute atomic E-state index is 6.11. The lowest BCUT2D eigenvalue weighted by molar-refractivity contribution is 0.709. The molecule has 2 aromatic rings. The molecule has 0 saturated carbocycles. The molecule has 1 heterocycles. The van der Waals surface area contributed by atoms with Crippen molar-refractivity contribution < 1.29 is 0 Å². The molecular formula is C13H18N4S. The number of thioether (sulfide) groups is 1. The highest BCUT2D eigenvalue weighted by atomic mass is 32.2. The van der Waals surface area contributed by atoms with E-state index in [1.807, 2.05) is 18.5 Å². The molecule has 5 heteroatoms. The third-order valence-electron chi connectivity index (χ3n) is 2.75. The van der Waals surface area contributed by atoms with Gasteiger partial charge in [0.2, 0.25) is 0 Å². The number of nitrogens with zero attached hydrogens (tertiary/aromatic N) is 3. The average molecular weight is 262 g/mol. The van der Waals surface area contributed by atoms with Crippen LogP contribution in [-0.4, -0.2) is 20.8 Å². The van der Waals surface area contributed by atoms with Gasteiger partial charge < -0.3 is 10.3 Å². The number of hydrogen-bond donors (Lipinski definition) is 1. The fourth-order valence-corrected chi connectivity index (χ4v) is 2.85. The van der Waals surface area contributed by atoms with Gasteiger partial charge in [0, 0.05) is 13.1 Å². The summed E-state index contributed by atoms with van der Waals surface area (Å²) in [6.07, 6.45) is 1.71. The molecular weight excluding hydrogens is 244 g/mol. The average Bonchev–Trinajstić information content (AvgIpc) is 2.71. The van der Waals surface area contributed by atoms with Crippen molar-refractivity contribution in [2.75, 3.05) is 0 Å². The van der Waals surface area contributed by atoms with Crippen LogP contribution in [0.25, 0.3) is 0 Å². The fourth-order valence-electron chi connectivity index (χ4n) is 1.82. The summed E-state index contributed by atoms with van der Waals surface area (Å²) in [6, 6.07) is 8.50. The smallest absolute Gasteiger partial charge is 0.191 e. The highest BCUT2D eigenvalue weighted by Crippen LogP contribution is 2.35. The summed E-state index contributed by atoms with van der Waals surface area (Å²) in [7, 11) is 1.94. The molecule has 0 saturated heterocycles. The van der Waals surface area contributed by atoms with E-state index in [-0.39, 0.29) is 11.3 Å². The lowest BCUT2D eigenvalue weighted by Crippen LogP contribution is -2.23. The molecule has 2 unspecified atom stereocenters. The lowest BCUT2D eigenvalue weighted by Gasteiger charge is -2.20. The summed E-state index contributed by atoms with van der Waals surface area (Å²) in [4.78, 5) is 0. The van der Waals surface area contributed by atoms with Gasteiger partial charge >= 0.3 is 0 Å². The summed E-state index contributed by atoms with van der Waals surface area (Å²) in [5, 5.41) is 9.08. The van der Waals surface area contributed by atoms with Gasteiger partial charge in [0.05, 0.1) is 5.25 Å². The Kier molecular flexibility index (Phi) is 4.04. The summed E-state index contributed by atoms with van der Waals surface area (Å²) >= 11 is 1.66. The first-order chi connectivity index (χ1) is 8.58. The maximum atomic E-state index is 6.11. The number of rotatable bonds is 4. The number of benzene rings is 1. The van der Waals surface area contributed by atoms with Gasteiger partial charge in [-0.25, -0.2) is 0 Å². The number of hydrogen-bond acceptors (Lipinski definition) is 4. The van der Waals surface area contributed by atoms with Crippen LogP contribution in [0.3, 0.4) is 0 Å². The predicted octanol–water partition coefficient (Wildman–Crippen LogP) is 2.30. The van der Waals surface area contributed by atoms with Gasteiger partial charge in [-0.3, -0.25) is 0 Å². The summed E-state index contributed by atoms with van der Waals surface area (Å²) in [5.41, 5.74) is 8.59. The highest BCUT2D eigenvalue weighted by molar-refractivity contribution is 7.99. The Morgan fingerprint density at radius 3 is 2.72 bits per heavy atom. The minimum Gasteiger partial charge on any atom is -0.327 e. The molecule has 0 bridgehead atoms. The van der Waals surface area contributed by atoms with E-state index in [9.17, 15) is 0 Å². The molecule has 0 aliphatic rings. The Bertz CT molecular complexity index is 521. The monoisotopic (exact) mass is 262 g/mol. The lowest BCUT2D eigenvalue weighted by atomic mass is 10.0. The second kappa shape index (κ2) is 5.54. The molecule has 0 spiro atoms. The normalized spacial score (nSPS) is 14.4. The van der Waals surface area contributed by atoms with Gasteiger partial charge in [-0.1, -0.05) is 41.6 Å². The number of nitrogens with two attached hydrogens (primary N) is 1. The highest BCUT2D eigenvalue weighted by Gasteiger charge is 2.20. The largest absolute Gasteiger partial charge is 0.327 e. The molecule has 1 aromatic carbocycles. The van der Waals surface area contributed by atoms with E-state index < -0.39 is 0 Å². The molecule has 2 rings (SSSR count). The molecule has 0 aliphatic heterocycles. The van der Waals surface area contributed by atoms with E-state index in [0.29, 0.717) is 0 Å². The van der Waals surface area contributed by atoms with Gasteiger partial charge in [0.25, 0.3) is 0 Å². The summed E-state index contributed by atoms with van der Waals surface area (Å²) in [5.74, 6) is 0. The van der Waals surface area contributed by atoms with Crippen molar-refractivity contribution in [3.8, 4) is 0 Å². The first-order valence-corrected chi connectivity index (χ1v) is 6.78. The third-order valence-corrected chi connectivity index (χ3v) is 4.29. The van der Waals surface area contributed by atoms with E-state index in [2.05, 4.69) is 41.4 Å². The molecule has 2 N–H and O–H groups in total. The minimum atomic E-state index is 0.0495. The van der Waals surface area contributed by atoms with Crippen LogP contribution in [0.1, 0.15) is 23.3 Å². The molecule has 4 nitrogen and oxygen atoms in total. The molecule has 2 atom stereocenters. The maximum Gasteiger partial charge on any atom is 0.191 e. The molecule has 0 fully saturated rings. The van der Waals surface area contributed by atoms with Gasteiger partial charge in [-0.05, 0) is 19.4 Å². The SMILES string of the molecule is Cc1cccc(C(Sc2nncn2C)C(C)N)c1. The van der Waals surface area contributed by atoms with E-state index in [4.69, 9.17) is 5.73 Å². The predicted molar refractivity (Wildman–Crippen MR) is 74.4 cm³/mol. The van der Waals surface area contributed by atoms with Crippen molar-refractivity contribution in [3.63, 3.8) is 0 Å². The van der Waals surface area contributed by atoms with E-state index in [1.165, 1.54) is 11.1 Å². The zero-order valence-corrected chi connectivity index (χ0v) is 11.7. The summed E-state index contributed by atoms with van der Waals surface area (Å²) in [6.45, 7) is 4.12. The number of aryl methyl sites for hydroxylation is 2. The van der Waals surface area contributed by atoms with Gasteiger partial charge in [-0.2, -0.15) is 0 Å². The Hall–Kier alpha value is -1.33. The van der Waals surface area contributed by atoms with Crippen molar-refractivity contribution in [3.05, 3.63) is 41.7 Å². The quantitative estimate of drug-likeness (QED) is 0.859. The zero-order valence-electron chi connectivity index (χ0n) is 10.9. The molecule has 1 aromatic heterocycles. The van der Waals surface area contributed by atoms with Crippen molar-refractivity contribution in [1.29, 1.82) is 0 Å². The number of aromatic nitrogens is 3. The first-order valence-electron chi connectivity index (χ1n) is 5.90. The zero-order chi connectivity index (χ0) is 13.1. The topological polar surface area (TPSA) is 56.7 Å². The van der Waals surface area contributed by atoms with Crippen LogP contribution in [0.2, 0.25) is 0 Å². The Morgan fingerprint density at radius 2 is 2.17 bits per heavy atom. The fraction of sp³-hybridized carbons (Fsp3) is 0.385. The van der Waals surface area contributed by atoms with Gasteiger partial charge in [0.1, 0.15) is 6.33 Å². The molecule has 0 aliphatic carbocycles. The van der Waals surface area contributed by atoms with Crippen molar-refractivity contribution in [2.45, 2.75) is 30.3 Å². The standard InChI is InChI=1S/C13H18N4S/c1-9-5-4-6-11(7-9)12(10(2)14)18-13-16-15-8-17(13)3/h4-8,10,12H,14H2,1-3H3. The summed E-state index contributed by atoms with van der Waals surface area (Å²) < 4.78 is 1.91. The van der Waals surface area contributed by atoms with Gasteiger partial charge in [-0.15, -0.1) is 10.2 Å². The van der Waals surface area contributed by atoms with Crippen molar-refractivity contribution in [1.82, 2.24) is 14.8 Å². The van der Waals surface area contributed by atoms with Gasteiger partial charge in [0.15, 0.2) is 5.16 Å². The van der Waals surface area contributed by atoms with Crippen LogP contribution in [0.4, 0.5) is 0 Å². The van der Waals surface area contributed by atoms with Crippen LogP contribution >= 0.6 is 11.8 Å².